The quantitative estimate of drug-likeness (QED) is 0.793. The number of fused-ring (bicyclic) bond motifs is 1. The van der Waals surface area contributed by atoms with Gasteiger partial charge in [0.1, 0.15) is 17.4 Å². The topological polar surface area (TPSA) is 87.8 Å². The summed E-state index contributed by atoms with van der Waals surface area (Å²) in [5, 5.41) is 0. The Bertz CT molecular complexity index is 991. The van der Waals surface area contributed by atoms with Crippen molar-refractivity contribution in [1.29, 1.82) is 0 Å². The monoisotopic (exact) mass is 420 g/mol. The summed E-state index contributed by atoms with van der Waals surface area (Å²) in [6, 6.07) is 5.92. The van der Waals surface area contributed by atoms with Gasteiger partial charge in [0, 0.05) is 30.8 Å². The van der Waals surface area contributed by atoms with Crippen molar-refractivity contribution in [3.05, 3.63) is 46.0 Å². The summed E-state index contributed by atoms with van der Waals surface area (Å²) in [6.45, 7) is 1.24. The molecule has 0 unspecified atom stereocenters. The number of halogens is 2. The van der Waals surface area contributed by atoms with Crippen LogP contribution in [0.4, 0.5) is 20.3 Å². The molecular weight excluding hydrogens is 398 g/mol. The van der Waals surface area contributed by atoms with Crippen molar-refractivity contribution in [2.45, 2.75) is 32.4 Å². The summed E-state index contributed by atoms with van der Waals surface area (Å²) >= 11 is 0. The molecule has 1 N–H and O–H groups in total. The second-order valence-electron chi connectivity index (χ2n) is 7.28. The molecule has 3 heterocycles. The third-order valence-corrected chi connectivity index (χ3v) is 5.22. The molecule has 1 aromatic heterocycles. The van der Waals surface area contributed by atoms with Crippen molar-refractivity contribution < 1.29 is 23.0 Å². The summed E-state index contributed by atoms with van der Waals surface area (Å²) in [5.41, 5.74) is 0.774. The van der Waals surface area contributed by atoms with Crippen molar-refractivity contribution >= 4 is 17.4 Å². The summed E-state index contributed by atoms with van der Waals surface area (Å²) in [5.74, 6) is 0.560. The van der Waals surface area contributed by atoms with Crippen LogP contribution in [0.15, 0.2) is 29.1 Å². The fourth-order valence-corrected chi connectivity index (χ4v) is 3.96. The normalized spacial score (nSPS) is 18.6. The maximum atomic E-state index is 13.1. The zero-order chi connectivity index (χ0) is 21.3. The van der Waals surface area contributed by atoms with Crippen molar-refractivity contribution in [2.24, 2.45) is 0 Å². The minimum atomic E-state index is -2.94. The number of amides is 1. The van der Waals surface area contributed by atoms with E-state index in [1.54, 1.807) is 17.0 Å². The maximum absolute atomic E-state index is 13.1. The molecule has 8 nitrogen and oxygen atoms in total. The van der Waals surface area contributed by atoms with E-state index >= 15 is 0 Å². The molecule has 0 aliphatic carbocycles. The molecule has 1 saturated heterocycles. The number of alkyl halides is 2. The highest BCUT2D eigenvalue weighted by Crippen LogP contribution is 2.39. The highest BCUT2D eigenvalue weighted by molar-refractivity contribution is 5.97. The molecule has 1 amide bonds. The number of aromatic nitrogens is 2. The molecule has 0 bridgehead atoms. The lowest BCUT2D eigenvalue weighted by Gasteiger charge is -2.28. The summed E-state index contributed by atoms with van der Waals surface area (Å²) in [6.07, 6.45) is 0.291. The highest BCUT2D eigenvalue weighted by Gasteiger charge is 2.33. The molecule has 0 radical (unpaired) electrons. The molecule has 4 rings (SSSR count). The number of ether oxygens (including phenoxy) is 2. The Morgan fingerprint density at radius 1 is 1.37 bits per heavy atom. The van der Waals surface area contributed by atoms with Gasteiger partial charge in [0.25, 0.3) is 5.56 Å². The van der Waals surface area contributed by atoms with Gasteiger partial charge in [-0.1, -0.05) is 6.07 Å². The van der Waals surface area contributed by atoms with Crippen LogP contribution in [0.5, 0.6) is 5.75 Å². The number of hydrogen-bond donors (Lipinski definition) is 1. The molecule has 2 aliphatic heterocycles. The SMILES string of the molecule is C[C@@H]1Cc2c(OC(F)F)cccc2N1C(=O)Cc1nc(N2CCOCC2)cc(=O)[nH]1. The number of aromatic amines is 1. The van der Waals surface area contributed by atoms with Gasteiger partial charge >= 0.3 is 6.61 Å². The molecule has 1 fully saturated rings. The molecule has 2 aliphatic rings. The van der Waals surface area contributed by atoms with Crippen molar-refractivity contribution in [1.82, 2.24) is 9.97 Å². The number of hydrogen-bond acceptors (Lipinski definition) is 6. The molecule has 160 valence electrons. The molecule has 2 aromatic rings. The lowest BCUT2D eigenvalue weighted by atomic mass is 10.1. The van der Waals surface area contributed by atoms with Crippen LogP contribution >= 0.6 is 0 Å². The highest BCUT2D eigenvalue weighted by atomic mass is 19.3. The third kappa shape index (κ3) is 4.13. The predicted molar refractivity (Wildman–Crippen MR) is 105 cm³/mol. The van der Waals surface area contributed by atoms with Gasteiger partial charge in [-0.3, -0.25) is 9.59 Å². The van der Waals surface area contributed by atoms with Gasteiger partial charge in [-0.05, 0) is 25.5 Å². The Balaban J connectivity index is 1.57. The summed E-state index contributed by atoms with van der Waals surface area (Å²) in [7, 11) is 0. The molecule has 30 heavy (non-hydrogen) atoms. The van der Waals surface area contributed by atoms with Gasteiger partial charge in [0.15, 0.2) is 0 Å². The molecule has 10 heteroatoms. The fraction of sp³-hybridized carbons (Fsp3) is 0.450. The zero-order valence-electron chi connectivity index (χ0n) is 16.4. The lowest BCUT2D eigenvalue weighted by Crippen LogP contribution is -2.39. The van der Waals surface area contributed by atoms with Crippen LogP contribution < -0.4 is 20.1 Å². The van der Waals surface area contributed by atoms with Crippen molar-refractivity contribution in [3.63, 3.8) is 0 Å². The Morgan fingerprint density at radius 2 is 2.13 bits per heavy atom. The van der Waals surface area contributed by atoms with E-state index in [0.29, 0.717) is 49.8 Å². The van der Waals surface area contributed by atoms with E-state index in [0.717, 1.165) is 0 Å². The van der Waals surface area contributed by atoms with Crippen LogP contribution in [0, 0.1) is 0 Å². The number of carbonyl (C=O) groups excluding carboxylic acids is 1. The first kappa shape index (κ1) is 20.3. The van der Waals surface area contributed by atoms with Gasteiger partial charge in [-0.15, -0.1) is 0 Å². The number of benzene rings is 1. The van der Waals surface area contributed by atoms with E-state index in [-0.39, 0.29) is 35.5 Å². The average Bonchev–Trinajstić information content (AvgIpc) is 3.05. The molecule has 1 aromatic carbocycles. The number of anilines is 2. The number of nitrogens with zero attached hydrogens (tertiary/aromatic N) is 3. The number of H-pyrrole nitrogens is 1. The van der Waals surface area contributed by atoms with Gasteiger partial charge < -0.3 is 24.3 Å². The largest absolute Gasteiger partial charge is 0.434 e. The fourth-order valence-electron chi connectivity index (χ4n) is 3.96. The van der Waals surface area contributed by atoms with Crippen LogP contribution in [-0.4, -0.2) is 54.8 Å². The molecule has 0 spiro atoms. The van der Waals surface area contributed by atoms with E-state index in [4.69, 9.17) is 4.74 Å². The van der Waals surface area contributed by atoms with Gasteiger partial charge in [-0.25, -0.2) is 4.98 Å². The second kappa shape index (κ2) is 8.39. The Morgan fingerprint density at radius 3 is 2.87 bits per heavy atom. The van der Waals surface area contributed by atoms with Crippen LogP contribution in [-0.2, 0) is 22.4 Å². The Kier molecular flexibility index (Phi) is 5.67. The Labute approximate surface area is 171 Å². The minimum Gasteiger partial charge on any atom is -0.434 e. The first-order valence-corrected chi connectivity index (χ1v) is 9.74. The smallest absolute Gasteiger partial charge is 0.387 e. The predicted octanol–water partition coefficient (Wildman–Crippen LogP) is 1.73. The molecular formula is C20H22F2N4O4. The first-order valence-electron chi connectivity index (χ1n) is 9.74. The number of rotatable bonds is 5. The molecule has 1 atom stereocenters. The third-order valence-electron chi connectivity index (χ3n) is 5.22. The van der Waals surface area contributed by atoms with Crippen LogP contribution in [0.2, 0.25) is 0 Å². The van der Waals surface area contributed by atoms with Crippen molar-refractivity contribution in [2.75, 3.05) is 36.1 Å². The number of carbonyl (C=O) groups is 1. The first-order chi connectivity index (χ1) is 14.4. The second-order valence-corrected chi connectivity index (χ2v) is 7.28. The minimum absolute atomic E-state index is 0.0745. The Hall–Kier alpha value is -3.01. The number of morpholine rings is 1. The van der Waals surface area contributed by atoms with Gasteiger partial charge in [0.05, 0.1) is 25.3 Å². The standard InChI is InChI=1S/C20H22F2N4O4/c1-12-9-13-14(3-2-4-15(13)30-20(21)22)26(12)19(28)10-16-23-17(11-18(27)24-16)25-5-7-29-8-6-25/h2-4,11-12,20H,5-10H2,1H3,(H,23,24,27)/t12-/m1/s1. The number of nitrogens with one attached hydrogen (secondary N) is 1. The van der Waals surface area contributed by atoms with Crippen LogP contribution in [0.1, 0.15) is 18.3 Å². The van der Waals surface area contributed by atoms with Gasteiger partial charge in [-0.2, -0.15) is 8.78 Å². The van der Waals surface area contributed by atoms with Crippen LogP contribution in [0.3, 0.4) is 0 Å². The summed E-state index contributed by atoms with van der Waals surface area (Å²) < 4.78 is 35.3. The summed E-state index contributed by atoms with van der Waals surface area (Å²) in [4.78, 5) is 35.7. The van der Waals surface area contributed by atoms with Gasteiger partial charge in [0.2, 0.25) is 5.91 Å². The van der Waals surface area contributed by atoms with Crippen LogP contribution in [0.25, 0.3) is 0 Å². The van der Waals surface area contributed by atoms with E-state index in [9.17, 15) is 18.4 Å². The van der Waals surface area contributed by atoms with Crippen molar-refractivity contribution in [3.8, 4) is 5.75 Å². The maximum Gasteiger partial charge on any atom is 0.387 e. The zero-order valence-corrected chi connectivity index (χ0v) is 16.4. The van der Waals surface area contributed by atoms with E-state index in [1.807, 2.05) is 11.8 Å². The van der Waals surface area contributed by atoms with E-state index < -0.39 is 6.61 Å². The average molecular weight is 420 g/mol. The molecule has 0 saturated carbocycles. The lowest BCUT2D eigenvalue weighted by molar-refractivity contribution is -0.118. The van der Waals surface area contributed by atoms with E-state index in [2.05, 4.69) is 14.7 Å². The van der Waals surface area contributed by atoms with E-state index in [1.165, 1.54) is 12.1 Å².